The molecule has 1 aliphatic heterocycles. The smallest absolute Gasteiger partial charge is 0.457 e. The minimum Gasteiger partial charge on any atom is -0.457 e. The Bertz CT molecular complexity index is 1340. The number of nitrogens with one attached hydrogen (secondary N) is 2. The van der Waals surface area contributed by atoms with Crippen LogP contribution in [0.1, 0.15) is 113 Å². The van der Waals surface area contributed by atoms with E-state index in [9.17, 15) is 24.6 Å². The predicted octanol–water partition coefficient (Wildman–Crippen LogP) is 4.36. The number of unbranched alkanes of at least 4 members (excludes halogenated alkanes) is 2. The monoisotopic (exact) mass is 1240 g/mol. The van der Waals surface area contributed by atoms with Gasteiger partial charge in [0.15, 0.2) is 0 Å². The third-order valence-electron chi connectivity index (χ3n) is 12.8. The summed E-state index contributed by atoms with van der Waals surface area (Å²) in [7, 11) is 0.638. The number of nitrogens with zero attached hydrogens (tertiary/aromatic N) is 3. The number of urea groups is 2. The Morgan fingerprint density at radius 3 is 1.18 bits per heavy atom. The molecule has 1 atom stereocenters. The highest BCUT2D eigenvalue weighted by Crippen LogP contribution is 2.24. The van der Waals surface area contributed by atoms with Gasteiger partial charge in [0, 0.05) is 147 Å². The molecule has 4 amide bonds. The van der Waals surface area contributed by atoms with Crippen LogP contribution < -0.4 is 10.6 Å². The number of aliphatic hydroxyl groups is 3. The zero-order valence-corrected chi connectivity index (χ0v) is 57.1. The number of rotatable bonds is 44. The lowest BCUT2D eigenvalue weighted by atomic mass is 10.3. The molecular formula is C49H118N5O20Si5+. The molecule has 79 heavy (non-hydrogen) atoms. The van der Waals surface area contributed by atoms with Crippen LogP contribution >= 0.6 is 0 Å². The molecule has 1 rings (SSSR count). The normalized spacial score (nSPS) is 14.8. The maximum absolute atomic E-state index is 12.6. The summed E-state index contributed by atoms with van der Waals surface area (Å²) < 4.78 is 72.9. The van der Waals surface area contributed by atoms with Crippen molar-refractivity contribution in [1.82, 2.24) is 25.0 Å². The average molecular weight is 1240 g/mol. The van der Waals surface area contributed by atoms with Gasteiger partial charge in [-0.2, -0.15) is 0 Å². The molecular weight excluding hydrogens is 1120 g/mol. The fraction of sp³-hybridized carbons (Fsp3) is 0.959. The van der Waals surface area contributed by atoms with Gasteiger partial charge in [-0.3, -0.25) is 0 Å². The molecule has 1 aliphatic rings. The molecule has 0 saturated carbocycles. The van der Waals surface area contributed by atoms with Crippen LogP contribution in [0.25, 0.3) is 0 Å². The van der Waals surface area contributed by atoms with Crippen molar-refractivity contribution in [3.05, 3.63) is 0 Å². The van der Waals surface area contributed by atoms with Crippen LogP contribution in [0.2, 0.25) is 30.2 Å². The van der Waals surface area contributed by atoms with Crippen LogP contribution in [0, 0.1) is 0 Å². The Kier molecular flexibility index (Phi) is 55.9. The third-order valence-corrected chi connectivity index (χ3v) is 28.1. The van der Waals surface area contributed by atoms with Crippen LogP contribution in [-0.2, 0) is 63.9 Å². The Labute approximate surface area is 482 Å². The minimum atomic E-state index is -2.99. The second-order valence-electron chi connectivity index (χ2n) is 18.2. The van der Waals surface area contributed by atoms with Gasteiger partial charge in [-0.25, -0.2) is 9.59 Å². The van der Waals surface area contributed by atoms with Crippen molar-refractivity contribution < 1.29 is 93.7 Å². The summed E-state index contributed by atoms with van der Waals surface area (Å²) in [4.78, 5) is 38.9. The SMILES string of the molecule is CCCCN(CCC[Si](O)(CO)CO)C(=O)NCCC[Si](OCC)(OCC)OCC.CCCCN(CCC[Si](OC)(OC)OC)C(=O)NCCC[Si](OC)(OC)OC.CCOC(OCC)OCC.CO[Si]1(CO)CCCN1C.[OH3+]. The van der Waals surface area contributed by atoms with E-state index in [4.69, 9.17) is 63.6 Å². The molecule has 30 heteroatoms. The molecule has 9 N–H and O–H groups in total. The summed E-state index contributed by atoms with van der Waals surface area (Å²) in [6.45, 7) is 23.2. The average Bonchev–Trinajstić information content (AvgIpc) is 3.83. The Morgan fingerprint density at radius 2 is 0.899 bits per heavy atom. The van der Waals surface area contributed by atoms with E-state index < -0.39 is 49.7 Å². The van der Waals surface area contributed by atoms with Crippen molar-refractivity contribution in [2.75, 3.05) is 161 Å². The number of amides is 4. The van der Waals surface area contributed by atoms with Gasteiger partial charge >= 0.3 is 38.5 Å². The second-order valence-corrected chi connectivity index (χ2v) is 34.5. The minimum absolute atomic E-state index is 0. The summed E-state index contributed by atoms with van der Waals surface area (Å²) in [5, 5.41) is 33.5. The second kappa shape index (κ2) is 52.4. The first kappa shape index (κ1) is 84.3. The highest BCUT2D eigenvalue weighted by atomic mass is 28.4. The topological polar surface area (TPSA) is 302 Å². The first-order valence-corrected chi connectivity index (χ1v) is 38.9. The summed E-state index contributed by atoms with van der Waals surface area (Å²) in [6.07, 6.45) is 7.27. The van der Waals surface area contributed by atoms with Gasteiger partial charge in [0.1, 0.15) is 0 Å². The molecule has 0 aliphatic carbocycles. The van der Waals surface area contributed by atoms with E-state index in [1.165, 1.54) is 6.42 Å². The van der Waals surface area contributed by atoms with Gasteiger partial charge in [0.05, 0.1) is 18.7 Å². The van der Waals surface area contributed by atoms with Gasteiger partial charge in [-0.05, 0) is 112 Å². The molecule has 0 spiro atoms. The number of hydrogen-bond donors (Lipinski definition) is 6. The molecule has 0 aromatic rings. The molecule has 0 bridgehead atoms. The molecule has 478 valence electrons. The van der Waals surface area contributed by atoms with Gasteiger partial charge < -0.3 is 109 Å². The van der Waals surface area contributed by atoms with Crippen LogP contribution in [0.5, 0.6) is 0 Å². The third kappa shape index (κ3) is 36.3. The molecule has 0 aromatic heterocycles. The largest absolute Gasteiger partial charge is 0.500 e. The van der Waals surface area contributed by atoms with E-state index in [0.717, 1.165) is 57.7 Å². The molecule has 1 fully saturated rings. The maximum atomic E-state index is 12.6. The van der Waals surface area contributed by atoms with E-state index in [1.807, 2.05) is 53.5 Å². The molecule has 0 radical (unpaired) electrons. The number of carbonyl (C=O) groups excluding carboxylic acids is 2. The van der Waals surface area contributed by atoms with E-state index in [2.05, 4.69) is 29.0 Å². The number of aliphatic hydroxyl groups excluding tert-OH is 3. The van der Waals surface area contributed by atoms with Crippen molar-refractivity contribution in [2.45, 2.75) is 150 Å². The van der Waals surface area contributed by atoms with E-state index in [0.29, 0.717) is 109 Å². The zero-order chi connectivity index (χ0) is 59.8. The van der Waals surface area contributed by atoms with Crippen molar-refractivity contribution in [2.24, 2.45) is 0 Å². The highest BCUT2D eigenvalue weighted by molar-refractivity contribution is 6.72. The molecule has 1 saturated heterocycles. The molecule has 1 heterocycles. The number of hydrogen-bond acceptors (Lipinski definition) is 20. The van der Waals surface area contributed by atoms with Crippen molar-refractivity contribution >= 4 is 55.3 Å². The molecule has 0 aromatic carbocycles. The fourth-order valence-corrected chi connectivity index (χ4v) is 18.0. The molecule has 25 nitrogen and oxygen atoms in total. The summed E-state index contributed by atoms with van der Waals surface area (Å²) in [6, 6.07) is 3.19. The van der Waals surface area contributed by atoms with Crippen LogP contribution in [0.15, 0.2) is 0 Å². The summed E-state index contributed by atoms with van der Waals surface area (Å²) in [5.41, 5.74) is 0. The zero-order valence-electron chi connectivity index (χ0n) is 52.1. The van der Waals surface area contributed by atoms with Crippen molar-refractivity contribution in [1.29, 1.82) is 0 Å². The van der Waals surface area contributed by atoms with Gasteiger partial charge in [-0.15, -0.1) is 0 Å². The lowest BCUT2D eigenvalue weighted by Crippen LogP contribution is -2.52. The predicted molar refractivity (Wildman–Crippen MR) is 319 cm³/mol. The van der Waals surface area contributed by atoms with E-state index >= 15 is 0 Å². The Balaban J connectivity index is -0.000000524. The number of carbonyl (C=O) groups is 2. The van der Waals surface area contributed by atoms with Gasteiger partial charge in [-0.1, -0.05) is 26.7 Å². The van der Waals surface area contributed by atoms with E-state index in [1.54, 1.807) is 54.7 Å². The fourth-order valence-electron chi connectivity index (χ4n) is 8.02. The van der Waals surface area contributed by atoms with Crippen molar-refractivity contribution in [3.8, 4) is 0 Å². The summed E-state index contributed by atoms with van der Waals surface area (Å²) in [5.74, 6) is 0. The lowest BCUT2D eigenvalue weighted by molar-refractivity contribution is -0.282. The highest BCUT2D eigenvalue weighted by Gasteiger charge is 2.43. The lowest BCUT2D eigenvalue weighted by Gasteiger charge is -2.29. The Morgan fingerprint density at radius 1 is 0.544 bits per heavy atom. The van der Waals surface area contributed by atoms with E-state index in [-0.39, 0.29) is 36.2 Å². The molecule has 1 unspecified atom stereocenters. The first-order chi connectivity index (χ1) is 37.4. The quantitative estimate of drug-likeness (QED) is 0.0214. The standard InChI is InChI=1S/C19H44N2O7Si2.C17H40N2O7Si2.C7H16O3.C6H15NO2Si.H2O/c1-5-9-13-21(14-11-15-29(25,17-22)18-23)19(24)20-12-10-16-30(26-6-2,27-7-3)28-8-4;1-8-9-13-19(14-11-16-28(24-5,25-6)26-7)17(20)18-12-10-15-27(21-2,22-3)23-4;1-4-8-7(9-5-2)10-6-3;1-7-4-3-5-10(7,6-8)9-2;/h22-23,25H,5-18H2,1-4H3,(H,20,24);8-16H2,1-7H3,(H,18,20);7H,4-6H2,1-3H3;8H,3-6H2,1-2H3;1H2/p+1. The van der Waals surface area contributed by atoms with Crippen LogP contribution in [0.3, 0.4) is 0 Å². The van der Waals surface area contributed by atoms with Gasteiger partial charge in [0.2, 0.25) is 8.32 Å². The Hall–Kier alpha value is -1.14. The van der Waals surface area contributed by atoms with Crippen molar-refractivity contribution in [3.63, 3.8) is 0 Å². The van der Waals surface area contributed by atoms with Gasteiger partial charge in [0.25, 0.3) is 15.0 Å². The maximum Gasteiger partial charge on any atom is 0.500 e. The van der Waals surface area contributed by atoms with Crippen LogP contribution in [0.4, 0.5) is 9.59 Å². The first-order valence-electron chi connectivity index (χ1n) is 28.3. The summed E-state index contributed by atoms with van der Waals surface area (Å²) >= 11 is 0. The van der Waals surface area contributed by atoms with Crippen LogP contribution in [-0.4, -0.2) is 257 Å². The number of ether oxygens (including phenoxy) is 3.